The second-order valence-corrected chi connectivity index (χ2v) is 6.94. The van der Waals surface area contributed by atoms with Crippen molar-refractivity contribution >= 4 is 39.6 Å². The van der Waals surface area contributed by atoms with Crippen LogP contribution in [0.3, 0.4) is 0 Å². The minimum absolute atomic E-state index is 0.128. The first-order chi connectivity index (χ1) is 9.47. The number of ether oxygens (including phenoxy) is 1. The number of nitrogens with zero attached hydrogens (tertiary/aromatic N) is 1. The van der Waals surface area contributed by atoms with Crippen molar-refractivity contribution in [1.82, 2.24) is 0 Å². The zero-order valence-electron chi connectivity index (χ0n) is 12.4. The molecular weight excluding hydrogens is 292 g/mol. The number of nitrogens with two attached hydrogens (primary N) is 1. The van der Waals surface area contributed by atoms with Crippen LogP contribution >= 0.6 is 23.1 Å². The highest BCUT2D eigenvalue weighted by Gasteiger charge is 2.28. The number of Topliss-reactive ketones (excluding diaryl/α,β-unsaturated/α-hetero) is 1. The molecule has 1 fully saturated rings. The van der Waals surface area contributed by atoms with Crippen LogP contribution in [0, 0.1) is 0 Å². The van der Waals surface area contributed by atoms with Crippen LogP contribution in [-0.4, -0.2) is 37.3 Å². The van der Waals surface area contributed by atoms with Gasteiger partial charge < -0.3 is 15.4 Å². The van der Waals surface area contributed by atoms with Gasteiger partial charge in [-0.25, -0.2) is 0 Å². The van der Waals surface area contributed by atoms with E-state index >= 15 is 0 Å². The van der Waals surface area contributed by atoms with E-state index < -0.39 is 0 Å². The molecule has 0 spiro atoms. The monoisotopic (exact) mass is 314 g/mol. The molecule has 1 aliphatic heterocycles. The van der Waals surface area contributed by atoms with Crippen molar-refractivity contribution in [2.75, 3.05) is 30.0 Å². The van der Waals surface area contributed by atoms with Crippen molar-refractivity contribution in [3.05, 3.63) is 4.88 Å². The lowest BCUT2D eigenvalue weighted by Crippen LogP contribution is -2.45. The largest absolute Gasteiger partial charge is 0.396 e. The lowest BCUT2D eigenvalue weighted by molar-refractivity contribution is -0.00513. The number of thioether (sulfide) groups is 1. The second kappa shape index (κ2) is 6.37. The SMILES string of the molecule is CCC(=O)c1sc(N2C[C@@H](C)O[C@@H](C)C2)c(SC)c1N. The minimum atomic E-state index is 0.128. The van der Waals surface area contributed by atoms with E-state index in [9.17, 15) is 4.79 Å². The summed E-state index contributed by atoms with van der Waals surface area (Å²) in [6, 6.07) is 0. The molecule has 0 amide bonds. The Morgan fingerprint density at radius 2 is 2.05 bits per heavy atom. The van der Waals surface area contributed by atoms with Crippen molar-refractivity contribution in [3.8, 4) is 0 Å². The van der Waals surface area contributed by atoms with Crippen LogP contribution in [0.1, 0.15) is 36.9 Å². The topological polar surface area (TPSA) is 55.6 Å². The first-order valence-corrected chi connectivity index (χ1v) is 8.91. The number of carbonyl (C=O) groups excluding carboxylic acids is 1. The number of ketones is 1. The molecule has 20 heavy (non-hydrogen) atoms. The van der Waals surface area contributed by atoms with E-state index in [1.165, 1.54) is 11.3 Å². The molecule has 0 aliphatic carbocycles. The lowest BCUT2D eigenvalue weighted by atomic mass is 10.2. The van der Waals surface area contributed by atoms with Crippen LogP contribution < -0.4 is 10.6 Å². The molecular formula is C14H22N2O2S2. The standard InChI is InChI=1S/C14H22N2O2S2/c1-5-10(17)12-11(15)13(19-4)14(20-12)16-6-8(2)18-9(3)7-16/h8-9H,5-7,15H2,1-4H3/t8-,9+. The molecule has 2 N–H and O–H groups in total. The summed E-state index contributed by atoms with van der Waals surface area (Å²) >= 11 is 3.15. The molecule has 2 atom stereocenters. The summed E-state index contributed by atoms with van der Waals surface area (Å²) in [5.74, 6) is 0.128. The zero-order chi connectivity index (χ0) is 14.9. The fourth-order valence-electron chi connectivity index (χ4n) is 2.53. The molecule has 1 aliphatic rings. The highest BCUT2D eigenvalue weighted by atomic mass is 32.2. The van der Waals surface area contributed by atoms with E-state index in [1.54, 1.807) is 11.8 Å². The highest BCUT2D eigenvalue weighted by Crippen LogP contribution is 2.44. The Morgan fingerprint density at radius 1 is 1.45 bits per heavy atom. The van der Waals surface area contributed by atoms with Gasteiger partial charge in [-0.15, -0.1) is 23.1 Å². The first kappa shape index (κ1) is 15.7. The van der Waals surface area contributed by atoms with Gasteiger partial charge in [0, 0.05) is 19.5 Å². The van der Waals surface area contributed by atoms with Gasteiger partial charge in [-0.1, -0.05) is 6.92 Å². The summed E-state index contributed by atoms with van der Waals surface area (Å²) in [6.45, 7) is 7.72. The third kappa shape index (κ3) is 2.97. The summed E-state index contributed by atoms with van der Waals surface area (Å²) in [5.41, 5.74) is 6.83. The Balaban J connectivity index is 2.38. The Hall–Kier alpha value is -0.720. The Labute approximate surface area is 128 Å². The number of hydrogen-bond acceptors (Lipinski definition) is 6. The summed E-state index contributed by atoms with van der Waals surface area (Å²) in [4.78, 5) is 16.1. The predicted octanol–water partition coefficient (Wildman–Crippen LogP) is 3.26. The van der Waals surface area contributed by atoms with Gasteiger partial charge in [0.05, 0.1) is 27.7 Å². The number of carbonyl (C=O) groups is 1. The highest BCUT2D eigenvalue weighted by molar-refractivity contribution is 7.99. The van der Waals surface area contributed by atoms with Gasteiger partial charge in [0.25, 0.3) is 0 Å². The number of nitrogen functional groups attached to an aromatic ring is 1. The molecule has 2 rings (SSSR count). The third-order valence-electron chi connectivity index (χ3n) is 3.37. The van der Waals surface area contributed by atoms with E-state index in [2.05, 4.69) is 18.7 Å². The number of thiophene rings is 1. The molecule has 0 saturated carbocycles. The zero-order valence-corrected chi connectivity index (χ0v) is 14.1. The van der Waals surface area contributed by atoms with E-state index in [-0.39, 0.29) is 18.0 Å². The van der Waals surface area contributed by atoms with Crippen molar-refractivity contribution in [1.29, 1.82) is 0 Å². The van der Waals surface area contributed by atoms with Crippen LogP contribution in [0.5, 0.6) is 0 Å². The maximum Gasteiger partial charge on any atom is 0.174 e. The number of rotatable bonds is 4. The van der Waals surface area contributed by atoms with E-state index in [1.807, 2.05) is 13.2 Å². The number of morpholine rings is 1. The van der Waals surface area contributed by atoms with Crippen LogP contribution in [0.25, 0.3) is 0 Å². The fraction of sp³-hybridized carbons (Fsp3) is 0.643. The van der Waals surface area contributed by atoms with Crippen LogP contribution in [0.15, 0.2) is 4.90 Å². The smallest absolute Gasteiger partial charge is 0.174 e. The summed E-state index contributed by atoms with van der Waals surface area (Å²) in [7, 11) is 0. The van der Waals surface area contributed by atoms with Crippen molar-refractivity contribution in [3.63, 3.8) is 0 Å². The van der Waals surface area contributed by atoms with Crippen LogP contribution in [-0.2, 0) is 4.74 Å². The van der Waals surface area contributed by atoms with Gasteiger partial charge in [0.2, 0.25) is 0 Å². The third-order valence-corrected chi connectivity index (χ3v) is 5.63. The molecule has 2 heterocycles. The molecule has 4 nitrogen and oxygen atoms in total. The predicted molar refractivity (Wildman–Crippen MR) is 87.4 cm³/mol. The summed E-state index contributed by atoms with van der Waals surface area (Å²) in [5, 5.41) is 1.12. The van der Waals surface area contributed by atoms with Gasteiger partial charge in [-0.3, -0.25) is 4.79 Å². The maximum atomic E-state index is 12.0. The number of hydrogen-bond donors (Lipinski definition) is 1. The minimum Gasteiger partial charge on any atom is -0.396 e. The molecule has 0 unspecified atom stereocenters. The molecule has 0 radical (unpaired) electrons. The normalized spacial score (nSPS) is 23.1. The Bertz CT molecular complexity index is 492. The van der Waals surface area contributed by atoms with Gasteiger partial charge in [0.1, 0.15) is 5.00 Å². The fourth-order valence-corrected chi connectivity index (χ4v) is 4.74. The van der Waals surface area contributed by atoms with Gasteiger partial charge in [-0.05, 0) is 20.1 Å². The quantitative estimate of drug-likeness (QED) is 0.683. The summed E-state index contributed by atoms with van der Waals surface area (Å²) in [6.07, 6.45) is 2.90. The van der Waals surface area contributed by atoms with Gasteiger partial charge >= 0.3 is 0 Å². The molecule has 112 valence electrons. The van der Waals surface area contributed by atoms with Crippen molar-refractivity contribution in [2.45, 2.75) is 44.3 Å². The Morgan fingerprint density at radius 3 is 2.55 bits per heavy atom. The molecule has 0 aromatic carbocycles. The van der Waals surface area contributed by atoms with Crippen molar-refractivity contribution in [2.24, 2.45) is 0 Å². The lowest BCUT2D eigenvalue weighted by Gasteiger charge is -2.36. The van der Waals surface area contributed by atoms with Gasteiger partial charge in [-0.2, -0.15) is 0 Å². The van der Waals surface area contributed by atoms with Crippen molar-refractivity contribution < 1.29 is 9.53 Å². The average molecular weight is 314 g/mol. The first-order valence-electron chi connectivity index (χ1n) is 6.87. The maximum absolute atomic E-state index is 12.0. The summed E-state index contributed by atoms with van der Waals surface area (Å²) < 4.78 is 5.78. The molecule has 1 aromatic heterocycles. The molecule has 1 saturated heterocycles. The van der Waals surface area contributed by atoms with Crippen LogP contribution in [0.4, 0.5) is 10.7 Å². The van der Waals surface area contributed by atoms with E-state index in [4.69, 9.17) is 10.5 Å². The van der Waals surface area contributed by atoms with E-state index in [0.717, 1.165) is 23.0 Å². The molecule has 6 heteroatoms. The average Bonchev–Trinajstić information content (AvgIpc) is 2.73. The van der Waals surface area contributed by atoms with E-state index in [0.29, 0.717) is 17.0 Å². The Kier molecular flexibility index (Phi) is 4.99. The van der Waals surface area contributed by atoms with Gasteiger partial charge in [0.15, 0.2) is 5.78 Å². The number of anilines is 2. The molecule has 1 aromatic rings. The molecule has 0 bridgehead atoms. The van der Waals surface area contributed by atoms with Crippen LogP contribution in [0.2, 0.25) is 0 Å². The second-order valence-electron chi connectivity index (χ2n) is 5.12.